The van der Waals surface area contributed by atoms with E-state index < -0.39 is 5.97 Å². The zero-order valence-corrected chi connectivity index (χ0v) is 12.4. The number of esters is 1. The number of methoxy groups -OCH3 is 1. The summed E-state index contributed by atoms with van der Waals surface area (Å²) < 4.78 is 15.2. The summed E-state index contributed by atoms with van der Waals surface area (Å²) in [4.78, 5) is 12.4. The molecule has 0 saturated carbocycles. The van der Waals surface area contributed by atoms with Gasteiger partial charge in [-0.2, -0.15) is 0 Å². The van der Waals surface area contributed by atoms with E-state index in [1.165, 1.54) is 0 Å². The molecule has 0 atom stereocenters. The number of halogens is 1. The fraction of sp³-hybridized carbons (Fsp3) is 0.462. The van der Waals surface area contributed by atoms with Crippen LogP contribution in [0.2, 0.25) is 5.02 Å². The van der Waals surface area contributed by atoms with E-state index in [0.717, 1.165) is 0 Å². The third kappa shape index (κ3) is 6.29. The van der Waals surface area contributed by atoms with Gasteiger partial charge < -0.3 is 14.2 Å². The van der Waals surface area contributed by atoms with Gasteiger partial charge in [0.15, 0.2) is 0 Å². The van der Waals surface area contributed by atoms with Crippen molar-refractivity contribution in [2.24, 2.45) is 0 Å². The average Bonchev–Trinajstić information content (AvgIpc) is 2.40. The molecule has 19 heavy (non-hydrogen) atoms. The maximum absolute atomic E-state index is 11.8. The Balaban J connectivity index is 2.26. The van der Waals surface area contributed by atoms with Crippen molar-refractivity contribution in [3.05, 3.63) is 28.8 Å². The monoisotopic (exact) mass is 304 g/mol. The standard InChI is InChI=1S/C13H17ClO4S/c1-16-7-8-17-5-2-6-18-13(15)11-9-10(19)3-4-12(11)14/h3-4,9,19H,2,5-8H2,1H3. The van der Waals surface area contributed by atoms with Gasteiger partial charge in [0, 0.05) is 25.0 Å². The van der Waals surface area contributed by atoms with Crippen LogP contribution < -0.4 is 0 Å². The van der Waals surface area contributed by atoms with E-state index in [2.05, 4.69) is 12.6 Å². The molecule has 0 heterocycles. The fourth-order valence-electron chi connectivity index (χ4n) is 1.32. The molecule has 0 spiro atoms. The van der Waals surface area contributed by atoms with Crippen LogP contribution in [0.4, 0.5) is 0 Å². The lowest BCUT2D eigenvalue weighted by Crippen LogP contribution is -2.10. The highest BCUT2D eigenvalue weighted by molar-refractivity contribution is 7.80. The van der Waals surface area contributed by atoms with Crippen molar-refractivity contribution >= 4 is 30.2 Å². The summed E-state index contributed by atoms with van der Waals surface area (Å²) in [6, 6.07) is 4.92. The van der Waals surface area contributed by atoms with Gasteiger partial charge in [0.2, 0.25) is 0 Å². The van der Waals surface area contributed by atoms with Crippen molar-refractivity contribution in [3.8, 4) is 0 Å². The van der Waals surface area contributed by atoms with Crippen molar-refractivity contribution in [2.45, 2.75) is 11.3 Å². The van der Waals surface area contributed by atoms with Gasteiger partial charge in [-0.25, -0.2) is 4.79 Å². The van der Waals surface area contributed by atoms with Crippen LogP contribution in [0.5, 0.6) is 0 Å². The van der Waals surface area contributed by atoms with E-state index in [9.17, 15) is 4.79 Å². The number of carbonyl (C=O) groups excluding carboxylic acids is 1. The van der Waals surface area contributed by atoms with Gasteiger partial charge in [-0.3, -0.25) is 0 Å². The summed E-state index contributed by atoms with van der Waals surface area (Å²) in [5.41, 5.74) is 0.328. The lowest BCUT2D eigenvalue weighted by Gasteiger charge is -2.07. The van der Waals surface area contributed by atoms with E-state index in [-0.39, 0.29) is 0 Å². The smallest absolute Gasteiger partial charge is 0.339 e. The molecule has 0 fully saturated rings. The number of rotatable bonds is 8. The molecular formula is C13H17ClO4S. The second-order valence-electron chi connectivity index (χ2n) is 3.76. The van der Waals surface area contributed by atoms with Crippen molar-refractivity contribution in [2.75, 3.05) is 33.5 Å². The van der Waals surface area contributed by atoms with Gasteiger partial charge in [-0.15, -0.1) is 12.6 Å². The van der Waals surface area contributed by atoms with E-state index in [1.807, 2.05) is 0 Å². The number of thiol groups is 1. The number of benzene rings is 1. The van der Waals surface area contributed by atoms with E-state index in [1.54, 1.807) is 25.3 Å². The molecule has 1 rings (SSSR count). The molecule has 106 valence electrons. The first kappa shape index (κ1) is 16.3. The van der Waals surface area contributed by atoms with Gasteiger partial charge in [0.25, 0.3) is 0 Å². The van der Waals surface area contributed by atoms with E-state index in [4.69, 9.17) is 25.8 Å². The molecule has 1 aromatic rings. The van der Waals surface area contributed by atoms with Gasteiger partial charge >= 0.3 is 5.97 Å². The molecule has 6 heteroatoms. The summed E-state index contributed by atoms with van der Waals surface area (Å²) >= 11 is 10.1. The Labute approximate surface area is 123 Å². The lowest BCUT2D eigenvalue weighted by molar-refractivity contribution is 0.0385. The zero-order valence-electron chi connectivity index (χ0n) is 10.7. The van der Waals surface area contributed by atoms with Crippen LogP contribution in [0.25, 0.3) is 0 Å². The Hall–Kier alpha value is -0.750. The first-order valence-electron chi connectivity index (χ1n) is 5.87. The minimum Gasteiger partial charge on any atom is -0.462 e. The third-order valence-corrected chi connectivity index (χ3v) is 2.88. The molecule has 0 aliphatic carbocycles. The van der Waals surface area contributed by atoms with Crippen molar-refractivity contribution in [1.82, 2.24) is 0 Å². The van der Waals surface area contributed by atoms with E-state index in [0.29, 0.717) is 48.3 Å². The maximum Gasteiger partial charge on any atom is 0.339 e. The molecule has 0 N–H and O–H groups in total. The SMILES string of the molecule is COCCOCCCOC(=O)c1cc(S)ccc1Cl. The van der Waals surface area contributed by atoms with Crippen molar-refractivity contribution in [1.29, 1.82) is 0 Å². The Morgan fingerprint density at radius 2 is 2.05 bits per heavy atom. The van der Waals surface area contributed by atoms with Crippen LogP contribution in [-0.4, -0.2) is 39.5 Å². The van der Waals surface area contributed by atoms with Gasteiger partial charge in [0.1, 0.15) is 0 Å². The third-order valence-electron chi connectivity index (χ3n) is 2.27. The topological polar surface area (TPSA) is 44.8 Å². The van der Waals surface area contributed by atoms with E-state index >= 15 is 0 Å². The Morgan fingerprint density at radius 3 is 2.79 bits per heavy atom. The van der Waals surface area contributed by atoms with Gasteiger partial charge in [-0.05, 0) is 18.2 Å². The Morgan fingerprint density at radius 1 is 1.26 bits per heavy atom. The maximum atomic E-state index is 11.8. The quantitative estimate of drug-likeness (QED) is 0.456. The van der Waals surface area contributed by atoms with Crippen molar-refractivity contribution in [3.63, 3.8) is 0 Å². The first-order valence-corrected chi connectivity index (χ1v) is 6.70. The largest absolute Gasteiger partial charge is 0.462 e. The molecule has 0 aliphatic rings. The molecule has 0 radical (unpaired) electrons. The summed E-state index contributed by atoms with van der Waals surface area (Å²) in [6.07, 6.45) is 0.633. The highest BCUT2D eigenvalue weighted by Gasteiger charge is 2.11. The fourth-order valence-corrected chi connectivity index (χ4v) is 1.72. The molecule has 0 aromatic heterocycles. The number of hydrogen-bond donors (Lipinski definition) is 1. The predicted molar refractivity (Wildman–Crippen MR) is 76.3 cm³/mol. The molecule has 0 bridgehead atoms. The lowest BCUT2D eigenvalue weighted by atomic mass is 10.2. The average molecular weight is 305 g/mol. The molecule has 0 saturated heterocycles. The minimum atomic E-state index is -0.446. The molecular weight excluding hydrogens is 288 g/mol. The van der Waals surface area contributed by atoms with Crippen LogP contribution in [0, 0.1) is 0 Å². The molecule has 0 aliphatic heterocycles. The minimum absolute atomic E-state index is 0.291. The van der Waals surface area contributed by atoms with Gasteiger partial charge in [-0.1, -0.05) is 11.6 Å². The highest BCUT2D eigenvalue weighted by atomic mass is 35.5. The summed E-state index contributed by atoms with van der Waals surface area (Å²) in [6.45, 7) is 1.91. The van der Waals surface area contributed by atoms with Gasteiger partial charge in [0.05, 0.1) is 30.4 Å². The normalized spacial score (nSPS) is 10.5. The zero-order chi connectivity index (χ0) is 14.1. The van der Waals surface area contributed by atoms with Crippen LogP contribution in [0.1, 0.15) is 16.8 Å². The molecule has 1 aromatic carbocycles. The number of hydrogen-bond acceptors (Lipinski definition) is 5. The molecule has 0 unspecified atom stereocenters. The Kier molecular flexibility index (Phi) is 7.90. The summed E-state index contributed by atoms with van der Waals surface area (Å²) in [5.74, 6) is -0.446. The first-order chi connectivity index (χ1) is 9.15. The van der Waals surface area contributed by atoms with Crippen LogP contribution in [-0.2, 0) is 14.2 Å². The highest BCUT2D eigenvalue weighted by Crippen LogP contribution is 2.20. The van der Waals surface area contributed by atoms with Crippen molar-refractivity contribution < 1.29 is 19.0 Å². The van der Waals surface area contributed by atoms with Crippen LogP contribution in [0.3, 0.4) is 0 Å². The summed E-state index contributed by atoms with van der Waals surface area (Å²) in [7, 11) is 1.62. The summed E-state index contributed by atoms with van der Waals surface area (Å²) in [5, 5.41) is 0.360. The molecule has 4 nitrogen and oxygen atoms in total. The second-order valence-corrected chi connectivity index (χ2v) is 4.68. The number of ether oxygens (including phenoxy) is 3. The van der Waals surface area contributed by atoms with Crippen LogP contribution >= 0.6 is 24.2 Å². The molecule has 0 amide bonds. The predicted octanol–water partition coefficient (Wildman–Crippen LogP) is 2.84. The second kappa shape index (κ2) is 9.20. The number of carbonyl (C=O) groups is 1. The Bertz CT molecular complexity index is 412. The van der Waals surface area contributed by atoms with Crippen LogP contribution in [0.15, 0.2) is 23.1 Å².